The van der Waals surface area contributed by atoms with Crippen LogP contribution in [0.25, 0.3) is 0 Å². The number of carbonyl (C=O) groups is 2. The fourth-order valence-corrected chi connectivity index (χ4v) is 2.95. The largest absolute Gasteiger partial charge is 0.481 e. The van der Waals surface area contributed by atoms with Crippen molar-refractivity contribution < 1.29 is 14.3 Å². The highest BCUT2D eigenvalue weighted by Crippen LogP contribution is 2.32. The van der Waals surface area contributed by atoms with Crippen molar-refractivity contribution in [3.8, 4) is 5.75 Å². The van der Waals surface area contributed by atoms with Crippen LogP contribution < -0.4 is 15.4 Å². The molecule has 1 aromatic rings. The first kappa shape index (κ1) is 13.9. The van der Waals surface area contributed by atoms with E-state index in [0.717, 1.165) is 0 Å². The molecule has 2 amide bonds. The van der Waals surface area contributed by atoms with Gasteiger partial charge in [0.25, 0.3) is 11.8 Å². The minimum absolute atomic E-state index is 0.0499. The minimum Gasteiger partial charge on any atom is -0.481 e. The van der Waals surface area contributed by atoms with E-state index in [4.69, 9.17) is 4.74 Å². The zero-order valence-electron chi connectivity index (χ0n) is 12.2. The number of nitrogens with zero attached hydrogens (tertiary/aromatic N) is 1. The molecule has 1 saturated heterocycles. The molecule has 6 heteroatoms. The summed E-state index contributed by atoms with van der Waals surface area (Å²) < 4.78 is 5.46. The Labute approximate surface area is 123 Å². The molecule has 0 radical (unpaired) electrons. The molecule has 2 aliphatic rings. The van der Waals surface area contributed by atoms with Gasteiger partial charge in [0.1, 0.15) is 0 Å². The van der Waals surface area contributed by atoms with Crippen LogP contribution in [-0.2, 0) is 4.79 Å². The molecule has 3 rings (SSSR count). The fourth-order valence-electron chi connectivity index (χ4n) is 2.95. The van der Waals surface area contributed by atoms with E-state index in [1.807, 2.05) is 4.90 Å². The summed E-state index contributed by atoms with van der Waals surface area (Å²) >= 11 is 0. The average molecular weight is 289 g/mol. The Bertz CT molecular complexity index is 578. The number of carbonyl (C=O) groups excluding carboxylic acids is 2. The number of anilines is 1. The Hall–Kier alpha value is -2.08. The van der Waals surface area contributed by atoms with Crippen molar-refractivity contribution in [2.75, 3.05) is 25.0 Å². The Balaban J connectivity index is 1.88. The molecule has 6 nitrogen and oxygen atoms in total. The summed E-state index contributed by atoms with van der Waals surface area (Å²) in [5.74, 6) is 0.223. The molecule has 2 N–H and O–H groups in total. The topological polar surface area (TPSA) is 70.7 Å². The molecule has 0 saturated carbocycles. The predicted octanol–water partition coefficient (Wildman–Crippen LogP) is 0.840. The van der Waals surface area contributed by atoms with E-state index in [0.29, 0.717) is 30.1 Å². The highest BCUT2D eigenvalue weighted by atomic mass is 16.5. The third-order valence-electron chi connectivity index (χ3n) is 3.71. The smallest absolute Gasteiger partial charge is 0.262 e. The summed E-state index contributed by atoms with van der Waals surface area (Å²) in [4.78, 5) is 25.9. The molecule has 1 fully saturated rings. The van der Waals surface area contributed by atoms with Crippen molar-refractivity contribution in [2.45, 2.75) is 25.9 Å². The molecule has 2 aliphatic heterocycles. The second kappa shape index (κ2) is 5.37. The minimum atomic E-state index is -0.198. The van der Waals surface area contributed by atoms with Gasteiger partial charge in [-0.1, -0.05) is 6.07 Å². The number of hydrogen-bond acceptors (Lipinski definition) is 4. The van der Waals surface area contributed by atoms with E-state index in [-0.39, 0.29) is 30.5 Å². The van der Waals surface area contributed by atoms with E-state index in [1.165, 1.54) is 0 Å². The maximum absolute atomic E-state index is 12.7. The first-order valence-corrected chi connectivity index (χ1v) is 7.15. The summed E-state index contributed by atoms with van der Waals surface area (Å²) in [6.45, 7) is 5.41. The van der Waals surface area contributed by atoms with Gasteiger partial charge >= 0.3 is 0 Å². The average Bonchev–Trinajstić information content (AvgIpc) is 2.44. The summed E-state index contributed by atoms with van der Waals surface area (Å²) in [6, 6.07) is 5.77. The lowest BCUT2D eigenvalue weighted by Crippen LogP contribution is -2.55. The number of benzene rings is 1. The molecule has 21 heavy (non-hydrogen) atoms. The first-order valence-electron chi connectivity index (χ1n) is 7.15. The van der Waals surface area contributed by atoms with E-state index < -0.39 is 0 Å². The number of nitrogens with one attached hydrogen (secondary N) is 2. The Kier molecular flexibility index (Phi) is 3.55. The third kappa shape index (κ3) is 2.71. The van der Waals surface area contributed by atoms with Crippen molar-refractivity contribution in [3.05, 3.63) is 23.8 Å². The van der Waals surface area contributed by atoms with Crippen LogP contribution in [0.2, 0.25) is 0 Å². The summed E-state index contributed by atoms with van der Waals surface area (Å²) in [7, 11) is 0. The molecular formula is C15H19N3O3. The van der Waals surface area contributed by atoms with Gasteiger partial charge in [0.05, 0.1) is 11.3 Å². The molecule has 1 aromatic carbocycles. The molecule has 0 aromatic heterocycles. The third-order valence-corrected chi connectivity index (χ3v) is 3.71. The van der Waals surface area contributed by atoms with Crippen LogP contribution in [0.5, 0.6) is 5.75 Å². The lowest BCUT2D eigenvalue weighted by atomic mass is 10.1. The second-order valence-electron chi connectivity index (χ2n) is 5.70. The molecule has 0 bridgehead atoms. The zero-order chi connectivity index (χ0) is 15.0. The van der Waals surface area contributed by atoms with Crippen LogP contribution in [0.15, 0.2) is 18.2 Å². The quantitative estimate of drug-likeness (QED) is 0.804. The molecular weight excluding hydrogens is 270 g/mol. The van der Waals surface area contributed by atoms with Gasteiger partial charge in [-0.25, -0.2) is 0 Å². The monoisotopic (exact) mass is 289 g/mol. The molecule has 112 valence electrons. The van der Waals surface area contributed by atoms with E-state index in [9.17, 15) is 9.59 Å². The normalized spacial score (nSPS) is 24.9. The number of amides is 2. The van der Waals surface area contributed by atoms with Gasteiger partial charge in [-0.05, 0) is 26.0 Å². The number of fused-ring (bicyclic) bond motifs is 1. The van der Waals surface area contributed by atoms with E-state index in [2.05, 4.69) is 24.5 Å². The van der Waals surface area contributed by atoms with Crippen LogP contribution in [0.3, 0.4) is 0 Å². The second-order valence-corrected chi connectivity index (χ2v) is 5.70. The van der Waals surface area contributed by atoms with Gasteiger partial charge in [0.15, 0.2) is 12.4 Å². The first-order chi connectivity index (χ1) is 10.0. The maximum atomic E-state index is 12.7. The van der Waals surface area contributed by atoms with Crippen LogP contribution >= 0.6 is 0 Å². The number of hydrogen-bond donors (Lipinski definition) is 2. The van der Waals surface area contributed by atoms with Gasteiger partial charge < -0.3 is 20.3 Å². The lowest BCUT2D eigenvalue weighted by molar-refractivity contribution is -0.118. The van der Waals surface area contributed by atoms with Gasteiger partial charge in [-0.2, -0.15) is 0 Å². The Morgan fingerprint density at radius 3 is 2.71 bits per heavy atom. The summed E-state index contributed by atoms with van der Waals surface area (Å²) in [6.07, 6.45) is 0. The maximum Gasteiger partial charge on any atom is 0.262 e. The van der Waals surface area contributed by atoms with Gasteiger partial charge in [0, 0.05) is 25.2 Å². The molecule has 0 unspecified atom stereocenters. The number of rotatable bonds is 1. The SMILES string of the molecule is C[C@@H]1CN(C(=O)c2cccc3c2OCC(=O)N3)C[C@@H](C)N1. The van der Waals surface area contributed by atoms with Gasteiger partial charge in [0.2, 0.25) is 0 Å². The number of ether oxygens (including phenoxy) is 1. The number of piperazine rings is 1. The van der Waals surface area contributed by atoms with Crippen molar-refractivity contribution >= 4 is 17.5 Å². The Morgan fingerprint density at radius 2 is 2.00 bits per heavy atom. The lowest BCUT2D eigenvalue weighted by Gasteiger charge is -2.36. The van der Waals surface area contributed by atoms with Crippen LogP contribution in [0, 0.1) is 0 Å². The van der Waals surface area contributed by atoms with E-state index >= 15 is 0 Å². The van der Waals surface area contributed by atoms with E-state index in [1.54, 1.807) is 18.2 Å². The predicted molar refractivity (Wildman–Crippen MR) is 78.5 cm³/mol. The molecule has 2 atom stereocenters. The standard InChI is InChI=1S/C15H19N3O3/c1-9-6-18(7-10(2)16-9)15(20)11-4-3-5-12-14(11)21-8-13(19)17-12/h3-5,9-10,16H,6-8H2,1-2H3,(H,17,19)/t9-,10-/m1/s1. The number of para-hydroxylation sites is 1. The summed E-state index contributed by atoms with van der Waals surface area (Å²) in [5, 5.41) is 6.13. The molecule has 0 aliphatic carbocycles. The fraction of sp³-hybridized carbons (Fsp3) is 0.467. The van der Waals surface area contributed by atoms with Crippen LogP contribution in [0.1, 0.15) is 24.2 Å². The highest BCUT2D eigenvalue weighted by molar-refractivity contribution is 6.03. The van der Waals surface area contributed by atoms with Crippen LogP contribution in [-0.4, -0.2) is 48.5 Å². The van der Waals surface area contributed by atoms with Gasteiger partial charge in [-0.15, -0.1) is 0 Å². The van der Waals surface area contributed by atoms with Crippen molar-refractivity contribution in [3.63, 3.8) is 0 Å². The summed E-state index contributed by atoms with van der Waals surface area (Å²) in [5.41, 5.74) is 1.07. The van der Waals surface area contributed by atoms with Gasteiger partial charge in [-0.3, -0.25) is 9.59 Å². The Morgan fingerprint density at radius 1 is 1.29 bits per heavy atom. The molecule has 2 heterocycles. The van der Waals surface area contributed by atoms with Crippen LogP contribution in [0.4, 0.5) is 5.69 Å². The van der Waals surface area contributed by atoms with Crippen molar-refractivity contribution in [2.24, 2.45) is 0 Å². The zero-order valence-corrected chi connectivity index (χ0v) is 12.2. The van der Waals surface area contributed by atoms with Crippen molar-refractivity contribution in [1.82, 2.24) is 10.2 Å². The van der Waals surface area contributed by atoms with Crippen molar-refractivity contribution in [1.29, 1.82) is 0 Å². The highest BCUT2D eigenvalue weighted by Gasteiger charge is 2.29. The molecule has 0 spiro atoms.